The average molecular weight is 393 g/mol. The number of halogens is 4. The molecular weight excluding hydrogens is 382 g/mol. The number of hydrogen-bond donors (Lipinski definition) is 3. The van der Waals surface area contributed by atoms with Crippen molar-refractivity contribution in [2.45, 2.75) is 6.18 Å². The first-order chi connectivity index (χ1) is 13.2. The van der Waals surface area contributed by atoms with Gasteiger partial charge < -0.3 is 10.1 Å². The van der Waals surface area contributed by atoms with Crippen LogP contribution in [-0.4, -0.2) is 22.2 Å². The first kappa shape index (κ1) is 19.1. The zero-order valence-electron chi connectivity index (χ0n) is 13.8. The Balaban J connectivity index is 1.90. The smallest absolute Gasteiger partial charge is 0.418 e. The summed E-state index contributed by atoms with van der Waals surface area (Å²) in [6, 6.07) is 6.11. The van der Waals surface area contributed by atoms with Gasteiger partial charge in [0.15, 0.2) is 0 Å². The third kappa shape index (κ3) is 3.70. The second-order valence-electron chi connectivity index (χ2n) is 5.66. The Hall–Kier alpha value is -3.69. The van der Waals surface area contributed by atoms with Gasteiger partial charge in [0.2, 0.25) is 5.43 Å². The molecule has 6 nitrogen and oxygen atoms in total. The Morgan fingerprint density at radius 2 is 1.96 bits per heavy atom. The van der Waals surface area contributed by atoms with Crippen LogP contribution in [0.2, 0.25) is 0 Å². The minimum absolute atomic E-state index is 0.0254. The summed E-state index contributed by atoms with van der Waals surface area (Å²) in [7, 11) is 0. The van der Waals surface area contributed by atoms with Gasteiger partial charge in [-0.15, -0.1) is 0 Å². The molecule has 0 aliphatic rings. The van der Waals surface area contributed by atoms with Crippen LogP contribution in [0.3, 0.4) is 0 Å². The molecule has 0 saturated heterocycles. The summed E-state index contributed by atoms with van der Waals surface area (Å²) in [5, 5.41) is 12.8. The normalized spacial score (nSPS) is 11.9. The number of phenolic OH excluding ortho intramolecular Hbond substituents is 1. The lowest BCUT2D eigenvalue weighted by Crippen LogP contribution is -2.25. The fourth-order valence-corrected chi connectivity index (χ4v) is 2.51. The van der Waals surface area contributed by atoms with E-state index in [-0.39, 0.29) is 16.7 Å². The molecule has 10 heteroatoms. The molecule has 0 aliphatic heterocycles. The molecule has 3 N–H and O–H groups in total. The van der Waals surface area contributed by atoms with Crippen LogP contribution >= 0.6 is 0 Å². The molecular formula is C18H11F4N3O3. The maximum Gasteiger partial charge on any atom is 0.418 e. The van der Waals surface area contributed by atoms with Crippen LogP contribution in [0.1, 0.15) is 21.5 Å². The van der Waals surface area contributed by atoms with E-state index in [4.69, 9.17) is 0 Å². The molecule has 0 bridgehead atoms. The Morgan fingerprint density at radius 3 is 2.68 bits per heavy atom. The molecule has 0 unspecified atom stereocenters. The minimum Gasteiger partial charge on any atom is -0.507 e. The van der Waals surface area contributed by atoms with E-state index >= 15 is 0 Å². The highest BCUT2D eigenvalue weighted by molar-refractivity contribution is 5.98. The van der Waals surface area contributed by atoms with Crippen molar-refractivity contribution in [1.82, 2.24) is 10.4 Å². The molecule has 0 radical (unpaired) electrons. The number of alkyl halides is 3. The Bertz CT molecular complexity index is 1150. The number of aromatic amines is 1. The Kier molecular flexibility index (Phi) is 4.87. The number of aromatic nitrogens is 1. The molecule has 3 aromatic rings. The maximum absolute atomic E-state index is 13.1. The molecule has 28 heavy (non-hydrogen) atoms. The molecule has 1 amide bonds. The van der Waals surface area contributed by atoms with Crippen molar-refractivity contribution in [1.29, 1.82) is 0 Å². The monoisotopic (exact) mass is 393 g/mol. The summed E-state index contributed by atoms with van der Waals surface area (Å²) in [4.78, 5) is 26.8. The van der Waals surface area contributed by atoms with Crippen molar-refractivity contribution < 1.29 is 27.5 Å². The van der Waals surface area contributed by atoms with Crippen LogP contribution in [0.5, 0.6) is 5.75 Å². The molecule has 0 spiro atoms. The fraction of sp³-hybridized carbons (Fsp3) is 0.0556. The number of carbonyl (C=O) groups excluding carboxylic acids is 1. The lowest BCUT2D eigenvalue weighted by molar-refractivity contribution is -0.136. The number of aromatic hydroxyl groups is 1. The summed E-state index contributed by atoms with van der Waals surface area (Å²) < 4.78 is 52.2. The van der Waals surface area contributed by atoms with E-state index in [1.165, 1.54) is 0 Å². The number of nitrogens with zero attached hydrogens (tertiary/aromatic N) is 1. The van der Waals surface area contributed by atoms with Gasteiger partial charge in [-0.3, -0.25) is 9.59 Å². The number of hydrazone groups is 1. The largest absolute Gasteiger partial charge is 0.507 e. The van der Waals surface area contributed by atoms with Crippen LogP contribution in [0.4, 0.5) is 17.6 Å². The third-order valence-electron chi connectivity index (χ3n) is 3.82. The number of pyridine rings is 1. The molecule has 0 fully saturated rings. The topological polar surface area (TPSA) is 94.5 Å². The van der Waals surface area contributed by atoms with Gasteiger partial charge in [0.1, 0.15) is 17.1 Å². The van der Waals surface area contributed by atoms with Crippen molar-refractivity contribution >= 4 is 23.0 Å². The van der Waals surface area contributed by atoms with Gasteiger partial charge in [-0.2, -0.15) is 18.3 Å². The van der Waals surface area contributed by atoms with Gasteiger partial charge in [0, 0.05) is 17.1 Å². The molecule has 3 rings (SSSR count). The van der Waals surface area contributed by atoms with Crippen LogP contribution in [0.15, 0.2) is 52.5 Å². The van der Waals surface area contributed by atoms with Crippen molar-refractivity contribution in [2.24, 2.45) is 5.10 Å². The molecule has 144 valence electrons. The molecule has 1 aromatic heterocycles. The molecule has 2 aromatic carbocycles. The van der Waals surface area contributed by atoms with Gasteiger partial charge in [0.25, 0.3) is 5.91 Å². The molecule has 0 atom stereocenters. The van der Waals surface area contributed by atoms with Crippen molar-refractivity contribution in [3.8, 4) is 5.75 Å². The summed E-state index contributed by atoms with van der Waals surface area (Å²) >= 11 is 0. The highest BCUT2D eigenvalue weighted by atomic mass is 19.4. The van der Waals surface area contributed by atoms with Gasteiger partial charge in [-0.1, -0.05) is 6.07 Å². The summed E-state index contributed by atoms with van der Waals surface area (Å²) in [6.45, 7) is 0. The quantitative estimate of drug-likeness (QED) is 0.362. The number of hydrogen-bond acceptors (Lipinski definition) is 4. The fourth-order valence-electron chi connectivity index (χ4n) is 2.51. The number of fused-ring (bicyclic) bond motifs is 1. The zero-order valence-corrected chi connectivity index (χ0v) is 13.8. The SMILES string of the molecule is O=C(N/N=C/c1cc(F)ccc1O)c1c[nH]c2c(C(F)(F)F)cccc2c1=O. The van der Waals surface area contributed by atoms with E-state index in [1.807, 2.05) is 5.43 Å². The van der Waals surface area contributed by atoms with E-state index in [2.05, 4.69) is 10.1 Å². The van der Waals surface area contributed by atoms with Crippen molar-refractivity contribution in [3.05, 3.63) is 75.3 Å². The molecule has 0 aliphatic carbocycles. The van der Waals surface area contributed by atoms with E-state index in [0.717, 1.165) is 48.8 Å². The lowest BCUT2D eigenvalue weighted by Gasteiger charge is -2.10. The highest BCUT2D eigenvalue weighted by Gasteiger charge is 2.33. The standard InChI is InChI=1S/C18H11F4N3O3/c19-10-4-5-14(26)9(6-10)7-24-25-17(28)12-8-23-15-11(16(12)27)2-1-3-13(15)18(20,21)22/h1-8,26H,(H,23,27)(H,25,28)/b24-7+. The average Bonchev–Trinajstić information content (AvgIpc) is 2.63. The zero-order chi connectivity index (χ0) is 20.5. The summed E-state index contributed by atoms with van der Waals surface area (Å²) in [5.74, 6) is -1.92. The van der Waals surface area contributed by atoms with E-state index in [0.29, 0.717) is 0 Å². The first-order valence-electron chi connectivity index (χ1n) is 7.72. The van der Waals surface area contributed by atoms with E-state index < -0.39 is 40.0 Å². The molecule has 1 heterocycles. The van der Waals surface area contributed by atoms with Gasteiger partial charge in [-0.25, -0.2) is 9.82 Å². The number of phenols is 1. The summed E-state index contributed by atoms with van der Waals surface area (Å²) in [6.07, 6.45) is -2.87. The number of para-hydroxylation sites is 1. The van der Waals surface area contributed by atoms with Gasteiger partial charge >= 0.3 is 6.18 Å². The van der Waals surface area contributed by atoms with Gasteiger partial charge in [0.05, 0.1) is 17.3 Å². The van der Waals surface area contributed by atoms with Gasteiger partial charge in [-0.05, 0) is 30.3 Å². The number of carbonyl (C=O) groups is 1. The lowest BCUT2D eigenvalue weighted by atomic mass is 10.1. The Labute approximate surface area is 154 Å². The maximum atomic E-state index is 13.1. The number of rotatable bonds is 3. The number of nitrogens with one attached hydrogen (secondary N) is 2. The Morgan fingerprint density at radius 1 is 1.21 bits per heavy atom. The summed E-state index contributed by atoms with van der Waals surface area (Å²) in [5.41, 5.74) is -0.881. The number of benzene rings is 2. The highest BCUT2D eigenvalue weighted by Crippen LogP contribution is 2.32. The van der Waals surface area contributed by atoms with Crippen LogP contribution in [-0.2, 0) is 6.18 Å². The van der Waals surface area contributed by atoms with Crippen LogP contribution in [0.25, 0.3) is 10.9 Å². The van der Waals surface area contributed by atoms with E-state index in [1.54, 1.807) is 0 Å². The van der Waals surface area contributed by atoms with Crippen LogP contribution in [0, 0.1) is 5.82 Å². The predicted molar refractivity (Wildman–Crippen MR) is 92.7 cm³/mol. The number of amides is 1. The number of H-pyrrole nitrogens is 1. The second-order valence-corrected chi connectivity index (χ2v) is 5.66. The first-order valence-corrected chi connectivity index (χ1v) is 7.72. The second kappa shape index (κ2) is 7.14. The predicted octanol–water partition coefficient (Wildman–Crippen LogP) is 3.16. The van der Waals surface area contributed by atoms with Crippen molar-refractivity contribution in [2.75, 3.05) is 0 Å². The van der Waals surface area contributed by atoms with Crippen LogP contribution < -0.4 is 10.9 Å². The third-order valence-corrected chi connectivity index (χ3v) is 3.82. The van der Waals surface area contributed by atoms with E-state index in [9.17, 15) is 32.3 Å². The van der Waals surface area contributed by atoms with Crippen molar-refractivity contribution in [3.63, 3.8) is 0 Å². The molecule has 0 saturated carbocycles. The minimum atomic E-state index is -4.68.